The van der Waals surface area contributed by atoms with E-state index in [0.29, 0.717) is 17.4 Å². The highest BCUT2D eigenvalue weighted by molar-refractivity contribution is 9.10. The molecule has 0 radical (unpaired) electrons. The highest BCUT2D eigenvalue weighted by atomic mass is 79.9. The molecule has 2 rings (SSSR count). The molecule has 0 saturated carbocycles. The van der Waals surface area contributed by atoms with Crippen LogP contribution in [0.4, 0.5) is 0 Å². The minimum absolute atomic E-state index is 0.184. The Balaban J connectivity index is 2.36. The van der Waals surface area contributed by atoms with E-state index in [1.807, 2.05) is 0 Å². The van der Waals surface area contributed by atoms with Gasteiger partial charge in [-0.05, 0) is 34.5 Å². The molecule has 1 atom stereocenters. The maximum absolute atomic E-state index is 12.2. The standard InChI is InChI=1S/C10H12BrNO3S/c11-9-3-1-2-4-10(9)16(14,15)12-6-5-8(13)7-12/h1-4,8,13H,5-7H2. The Hall–Kier alpha value is -0.430. The summed E-state index contributed by atoms with van der Waals surface area (Å²) in [6.45, 7) is 0.564. The summed E-state index contributed by atoms with van der Waals surface area (Å²) in [4.78, 5) is 0.254. The topological polar surface area (TPSA) is 57.6 Å². The average Bonchev–Trinajstić information content (AvgIpc) is 2.66. The van der Waals surface area contributed by atoms with Gasteiger partial charge in [-0.15, -0.1) is 0 Å². The summed E-state index contributed by atoms with van der Waals surface area (Å²) in [5, 5.41) is 9.36. The molecule has 1 aliphatic heterocycles. The Morgan fingerprint density at radius 1 is 1.38 bits per heavy atom. The Morgan fingerprint density at radius 3 is 2.62 bits per heavy atom. The fraction of sp³-hybridized carbons (Fsp3) is 0.400. The van der Waals surface area contributed by atoms with Crippen LogP contribution in [0, 0.1) is 0 Å². The second-order valence-corrected chi connectivity index (χ2v) is 6.50. The Labute approximate surface area is 103 Å². The number of sulfonamides is 1. The van der Waals surface area contributed by atoms with Crippen LogP contribution in [0.3, 0.4) is 0 Å². The smallest absolute Gasteiger partial charge is 0.244 e. The number of hydrogen-bond donors (Lipinski definition) is 1. The van der Waals surface area contributed by atoms with Gasteiger partial charge in [0.05, 0.1) is 11.0 Å². The van der Waals surface area contributed by atoms with Gasteiger partial charge in [-0.3, -0.25) is 0 Å². The van der Waals surface area contributed by atoms with Gasteiger partial charge < -0.3 is 5.11 Å². The first-order chi connectivity index (χ1) is 7.51. The Bertz CT molecular complexity index is 489. The Kier molecular flexibility index (Phi) is 3.34. The van der Waals surface area contributed by atoms with Crippen molar-refractivity contribution in [2.24, 2.45) is 0 Å². The van der Waals surface area contributed by atoms with Gasteiger partial charge in [0, 0.05) is 17.6 Å². The van der Waals surface area contributed by atoms with E-state index in [1.54, 1.807) is 24.3 Å². The van der Waals surface area contributed by atoms with Crippen LogP contribution in [-0.4, -0.2) is 37.0 Å². The van der Waals surface area contributed by atoms with E-state index >= 15 is 0 Å². The summed E-state index contributed by atoms with van der Waals surface area (Å²) in [5.41, 5.74) is 0. The molecule has 1 unspecified atom stereocenters. The van der Waals surface area contributed by atoms with Crippen molar-refractivity contribution in [3.63, 3.8) is 0 Å². The van der Waals surface area contributed by atoms with Crippen LogP contribution < -0.4 is 0 Å². The lowest BCUT2D eigenvalue weighted by molar-refractivity contribution is 0.189. The van der Waals surface area contributed by atoms with Crippen molar-refractivity contribution >= 4 is 26.0 Å². The van der Waals surface area contributed by atoms with Crippen molar-refractivity contribution in [2.45, 2.75) is 17.4 Å². The predicted octanol–water partition coefficient (Wildman–Crippen LogP) is 1.20. The van der Waals surface area contributed by atoms with E-state index in [0.717, 1.165) is 0 Å². The average molecular weight is 306 g/mol. The number of aliphatic hydroxyl groups excluding tert-OH is 1. The molecular formula is C10H12BrNO3S. The van der Waals surface area contributed by atoms with Gasteiger partial charge in [0.15, 0.2) is 0 Å². The van der Waals surface area contributed by atoms with Crippen LogP contribution in [0.5, 0.6) is 0 Å². The van der Waals surface area contributed by atoms with Crippen molar-refractivity contribution in [3.8, 4) is 0 Å². The number of aliphatic hydroxyl groups is 1. The van der Waals surface area contributed by atoms with E-state index in [9.17, 15) is 13.5 Å². The van der Waals surface area contributed by atoms with Crippen molar-refractivity contribution < 1.29 is 13.5 Å². The molecule has 16 heavy (non-hydrogen) atoms. The zero-order valence-corrected chi connectivity index (χ0v) is 10.9. The third-order valence-corrected chi connectivity index (χ3v) is 5.46. The zero-order chi connectivity index (χ0) is 11.8. The summed E-state index contributed by atoms with van der Waals surface area (Å²) < 4.78 is 26.2. The van der Waals surface area contributed by atoms with E-state index in [2.05, 4.69) is 15.9 Å². The fourth-order valence-electron chi connectivity index (χ4n) is 1.72. The van der Waals surface area contributed by atoms with E-state index in [1.165, 1.54) is 4.31 Å². The number of benzene rings is 1. The second kappa shape index (κ2) is 4.44. The molecule has 1 fully saturated rings. The highest BCUT2D eigenvalue weighted by Gasteiger charge is 2.32. The van der Waals surface area contributed by atoms with Gasteiger partial charge in [-0.2, -0.15) is 4.31 Å². The third kappa shape index (κ3) is 2.15. The van der Waals surface area contributed by atoms with Crippen LogP contribution in [0.25, 0.3) is 0 Å². The molecule has 1 N–H and O–H groups in total. The minimum Gasteiger partial charge on any atom is -0.392 e. The molecule has 6 heteroatoms. The first kappa shape index (κ1) is 12.0. The maximum atomic E-state index is 12.2. The molecule has 1 aromatic carbocycles. The first-order valence-electron chi connectivity index (χ1n) is 4.94. The summed E-state index contributed by atoms with van der Waals surface area (Å²) in [7, 11) is -3.48. The molecular weight excluding hydrogens is 294 g/mol. The van der Waals surface area contributed by atoms with Crippen LogP contribution in [0.15, 0.2) is 33.6 Å². The van der Waals surface area contributed by atoms with Gasteiger partial charge in [-0.1, -0.05) is 12.1 Å². The lowest BCUT2D eigenvalue weighted by Crippen LogP contribution is -2.29. The number of hydrogen-bond acceptors (Lipinski definition) is 3. The molecule has 0 amide bonds. The van der Waals surface area contributed by atoms with Gasteiger partial charge in [-0.25, -0.2) is 8.42 Å². The molecule has 1 aromatic rings. The zero-order valence-electron chi connectivity index (χ0n) is 8.51. The molecule has 0 aliphatic carbocycles. The van der Waals surface area contributed by atoms with Crippen molar-refractivity contribution in [1.29, 1.82) is 0 Å². The molecule has 0 bridgehead atoms. The molecule has 88 valence electrons. The normalized spacial score (nSPS) is 22.5. The van der Waals surface area contributed by atoms with Crippen LogP contribution in [-0.2, 0) is 10.0 Å². The number of nitrogens with zero attached hydrogens (tertiary/aromatic N) is 1. The summed E-state index contributed by atoms with van der Waals surface area (Å²) in [6.07, 6.45) is -0.0405. The Morgan fingerprint density at radius 2 is 2.06 bits per heavy atom. The summed E-state index contributed by atoms with van der Waals surface area (Å²) in [5.74, 6) is 0. The van der Waals surface area contributed by atoms with E-state index in [-0.39, 0.29) is 11.4 Å². The predicted molar refractivity (Wildman–Crippen MR) is 63.5 cm³/mol. The largest absolute Gasteiger partial charge is 0.392 e. The minimum atomic E-state index is -3.48. The van der Waals surface area contributed by atoms with Gasteiger partial charge in [0.1, 0.15) is 0 Å². The van der Waals surface area contributed by atoms with Crippen LogP contribution in [0.1, 0.15) is 6.42 Å². The van der Waals surface area contributed by atoms with Crippen molar-refractivity contribution in [3.05, 3.63) is 28.7 Å². The van der Waals surface area contributed by atoms with E-state index < -0.39 is 16.1 Å². The first-order valence-corrected chi connectivity index (χ1v) is 7.18. The third-order valence-electron chi connectivity index (χ3n) is 2.58. The van der Waals surface area contributed by atoms with E-state index in [4.69, 9.17) is 0 Å². The molecule has 0 spiro atoms. The molecule has 0 aromatic heterocycles. The quantitative estimate of drug-likeness (QED) is 0.893. The lowest BCUT2D eigenvalue weighted by Gasteiger charge is -2.16. The fourth-order valence-corrected chi connectivity index (χ4v) is 4.18. The van der Waals surface area contributed by atoms with Crippen molar-refractivity contribution in [1.82, 2.24) is 4.31 Å². The molecule has 1 heterocycles. The van der Waals surface area contributed by atoms with Crippen LogP contribution >= 0.6 is 15.9 Å². The van der Waals surface area contributed by atoms with Crippen LogP contribution in [0.2, 0.25) is 0 Å². The second-order valence-electron chi connectivity index (χ2n) is 3.74. The highest BCUT2D eigenvalue weighted by Crippen LogP contribution is 2.26. The maximum Gasteiger partial charge on any atom is 0.244 e. The number of halogens is 1. The van der Waals surface area contributed by atoms with Gasteiger partial charge >= 0.3 is 0 Å². The van der Waals surface area contributed by atoms with Gasteiger partial charge in [0.25, 0.3) is 0 Å². The lowest BCUT2D eigenvalue weighted by atomic mass is 10.3. The SMILES string of the molecule is O=S(=O)(c1ccccc1Br)N1CCC(O)C1. The number of β-amino-alcohol motifs (C(OH)–C–C–N with tert-alkyl or cyclic N) is 1. The van der Waals surface area contributed by atoms with Gasteiger partial charge in [0.2, 0.25) is 10.0 Å². The molecule has 1 aliphatic rings. The molecule has 1 saturated heterocycles. The summed E-state index contributed by atoms with van der Waals surface area (Å²) >= 11 is 3.23. The number of rotatable bonds is 2. The summed E-state index contributed by atoms with van der Waals surface area (Å²) in [6, 6.07) is 6.70. The molecule has 4 nitrogen and oxygen atoms in total. The van der Waals surface area contributed by atoms with Crippen molar-refractivity contribution in [2.75, 3.05) is 13.1 Å². The monoisotopic (exact) mass is 305 g/mol.